The first-order valence-corrected chi connectivity index (χ1v) is 14.0. The van der Waals surface area contributed by atoms with Gasteiger partial charge in [0.15, 0.2) is 15.5 Å². The summed E-state index contributed by atoms with van der Waals surface area (Å²) >= 11 is 0. The Labute approximate surface area is 216 Å². The normalized spacial score (nSPS) is 19.1. The standard InChI is InChI=1S/C25H34N6O5S/c1-3-4-22(27)31-24(33)21(15-26)16(2)23(25(31)34)30-29-18-7-11-20(12-8-18)37(35,36)14-13-28-17-5-9-19(32)10-6-17/h7-8,11-12,17,19,22,28,32-33H,3-6,9-10,13-14,27H2,1-2H3. The molecule has 0 bridgehead atoms. The van der Waals surface area contributed by atoms with Crippen LogP contribution in [0.2, 0.25) is 0 Å². The highest BCUT2D eigenvalue weighted by atomic mass is 32.2. The number of nitriles is 1. The van der Waals surface area contributed by atoms with Crippen molar-refractivity contribution in [2.45, 2.75) is 75.6 Å². The van der Waals surface area contributed by atoms with Gasteiger partial charge in [-0.05, 0) is 63.3 Å². The average molecular weight is 531 g/mol. The van der Waals surface area contributed by atoms with E-state index in [4.69, 9.17) is 5.73 Å². The van der Waals surface area contributed by atoms with Crippen molar-refractivity contribution in [3.63, 3.8) is 0 Å². The number of nitrogens with two attached hydrogens (primary N) is 1. The fourth-order valence-electron chi connectivity index (χ4n) is 4.38. The molecule has 1 aromatic carbocycles. The number of pyridine rings is 1. The summed E-state index contributed by atoms with van der Waals surface area (Å²) in [4.78, 5) is 13.1. The fraction of sp³-hybridized carbons (Fsp3) is 0.520. The molecule has 0 amide bonds. The number of aromatic nitrogens is 1. The van der Waals surface area contributed by atoms with Crippen molar-refractivity contribution in [3.8, 4) is 11.9 Å². The van der Waals surface area contributed by atoms with Crippen molar-refractivity contribution in [2.75, 3.05) is 12.3 Å². The van der Waals surface area contributed by atoms with Gasteiger partial charge in [-0.25, -0.2) is 8.42 Å². The third-order valence-corrected chi connectivity index (χ3v) is 8.33. The molecule has 37 heavy (non-hydrogen) atoms. The Kier molecular flexibility index (Phi) is 9.56. The maximum absolute atomic E-state index is 13.0. The van der Waals surface area contributed by atoms with Crippen LogP contribution in [-0.2, 0) is 9.84 Å². The number of aromatic hydroxyl groups is 1. The number of nitrogens with one attached hydrogen (secondary N) is 1. The molecule has 0 aliphatic heterocycles. The van der Waals surface area contributed by atoms with Gasteiger partial charge in [-0.1, -0.05) is 13.3 Å². The molecule has 2 aromatic rings. The second-order valence-electron chi connectivity index (χ2n) is 9.29. The zero-order chi connectivity index (χ0) is 27.2. The van der Waals surface area contributed by atoms with Crippen molar-refractivity contribution in [1.29, 1.82) is 5.26 Å². The molecular weight excluding hydrogens is 496 g/mol. The summed E-state index contributed by atoms with van der Waals surface area (Å²) < 4.78 is 26.4. The minimum absolute atomic E-state index is 0.0614. The number of azo groups is 1. The van der Waals surface area contributed by atoms with E-state index in [1.807, 2.05) is 13.0 Å². The van der Waals surface area contributed by atoms with Crippen LogP contribution in [0.15, 0.2) is 44.2 Å². The molecule has 1 atom stereocenters. The van der Waals surface area contributed by atoms with Crippen molar-refractivity contribution in [1.82, 2.24) is 9.88 Å². The Bertz CT molecular complexity index is 1320. The Morgan fingerprint density at radius 2 is 1.86 bits per heavy atom. The predicted molar refractivity (Wildman–Crippen MR) is 139 cm³/mol. The highest BCUT2D eigenvalue weighted by molar-refractivity contribution is 7.91. The van der Waals surface area contributed by atoms with Gasteiger partial charge in [-0.3, -0.25) is 9.36 Å². The minimum Gasteiger partial charge on any atom is -0.493 e. The molecule has 1 aromatic heterocycles. The van der Waals surface area contributed by atoms with E-state index in [1.54, 1.807) is 0 Å². The summed E-state index contributed by atoms with van der Waals surface area (Å²) in [5.41, 5.74) is 5.63. The second kappa shape index (κ2) is 12.4. The Morgan fingerprint density at radius 3 is 2.46 bits per heavy atom. The zero-order valence-electron chi connectivity index (χ0n) is 21.1. The lowest BCUT2D eigenvalue weighted by molar-refractivity contribution is 0.117. The molecule has 1 aliphatic rings. The van der Waals surface area contributed by atoms with E-state index in [0.717, 1.165) is 30.3 Å². The van der Waals surface area contributed by atoms with Crippen molar-refractivity contribution in [2.24, 2.45) is 16.0 Å². The summed E-state index contributed by atoms with van der Waals surface area (Å²) in [5.74, 6) is -0.566. The summed E-state index contributed by atoms with van der Waals surface area (Å²) in [6.07, 6.45) is 3.08. The smallest absolute Gasteiger partial charge is 0.282 e. The molecule has 11 nitrogen and oxygen atoms in total. The number of nitrogens with zero attached hydrogens (tertiary/aromatic N) is 4. The van der Waals surface area contributed by atoms with E-state index in [0.29, 0.717) is 25.1 Å². The van der Waals surface area contributed by atoms with Crippen LogP contribution in [-0.4, -0.2) is 47.6 Å². The van der Waals surface area contributed by atoms with Crippen molar-refractivity contribution in [3.05, 3.63) is 45.7 Å². The van der Waals surface area contributed by atoms with Crippen molar-refractivity contribution >= 4 is 21.2 Å². The zero-order valence-corrected chi connectivity index (χ0v) is 21.9. The molecule has 0 radical (unpaired) electrons. The number of sulfone groups is 1. The monoisotopic (exact) mass is 530 g/mol. The predicted octanol–water partition coefficient (Wildman–Crippen LogP) is 3.07. The molecule has 1 unspecified atom stereocenters. The van der Waals surface area contributed by atoms with Gasteiger partial charge < -0.3 is 21.3 Å². The summed E-state index contributed by atoms with van der Waals surface area (Å²) in [6, 6.07) is 7.92. The summed E-state index contributed by atoms with van der Waals surface area (Å²) in [7, 11) is -3.52. The lowest BCUT2D eigenvalue weighted by Gasteiger charge is -2.26. The van der Waals surface area contributed by atoms with Gasteiger partial charge in [0.25, 0.3) is 5.56 Å². The molecule has 1 fully saturated rings. The quantitative estimate of drug-likeness (QED) is 0.338. The number of aliphatic hydroxyl groups excluding tert-OH is 1. The van der Waals surface area contributed by atoms with Crippen LogP contribution in [0.5, 0.6) is 5.88 Å². The van der Waals surface area contributed by atoms with Crippen LogP contribution in [0.3, 0.4) is 0 Å². The molecule has 0 spiro atoms. The number of hydrogen-bond donors (Lipinski definition) is 4. The molecule has 1 heterocycles. The summed E-state index contributed by atoms with van der Waals surface area (Å²) in [6.45, 7) is 3.69. The first-order chi connectivity index (χ1) is 17.6. The molecular formula is C25H34N6O5S. The lowest BCUT2D eigenvalue weighted by atomic mass is 9.93. The van der Waals surface area contributed by atoms with Crippen LogP contribution in [0.1, 0.15) is 62.7 Å². The van der Waals surface area contributed by atoms with Crippen LogP contribution in [0, 0.1) is 18.3 Å². The van der Waals surface area contributed by atoms with Gasteiger partial charge >= 0.3 is 0 Å². The SMILES string of the molecule is CCCC(N)n1c(O)c(C#N)c(C)c(N=Nc2ccc(S(=O)(=O)CCNC3CCC(O)CC3)cc2)c1=O. The highest BCUT2D eigenvalue weighted by Gasteiger charge is 2.23. The Balaban J connectivity index is 1.75. The third kappa shape index (κ3) is 6.81. The van der Waals surface area contributed by atoms with Gasteiger partial charge in [0.1, 0.15) is 11.6 Å². The topological polar surface area (TPSA) is 183 Å². The van der Waals surface area contributed by atoms with E-state index >= 15 is 0 Å². The Hall–Kier alpha value is -3.11. The maximum atomic E-state index is 13.0. The summed E-state index contributed by atoms with van der Waals surface area (Å²) in [5, 5.41) is 40.8. The molecule has 1 aliphatic carbocycles. The lowest BCUT2D eigenvalue weighted by Crippen LogP contribution is -2.37. The first-order valence-electron chi connectivity index (χ1n) is 12.4. The average Bonchev–Trinajstić information content (AvgIpc) is 2.86. The van der Waals surface area contributed by atoms with Gasteiger partial charge in [0.05, 0.1) is 28.6 Å². The van der Waals surface area contributed by atoms with Crippen LogP contribution in [0.4, 0.5) is 11.4 Å². The van der Waals surface area contributed by atoms with Crippen LogP contribution < -0.4 is 16.6 Å². The second-order valence-corrected chi connectivity index (χ2v) is 11.4. The highest BCUT2D eigenvalue weighted by Crippen LogP contribution is 2.29. The third-order valence-electron chi connectivity index (χ3n) is 6.59. The van der Waals surface area contributed by atoms with Crippen LogP contribution >= 0.6 is 0 Å². The fourth-order valence-corrected chi connectivity index (χ4v) is 5.56. The Morgan fingerprint density at radius 1 is 1.22 bits per heavy atom. The number of rotatable bonds is 10. The van der Waals surface area contributed by atoms with E-state index in [9.17, 15) is 28.7 Å². The van der Waals surface area contributed by atoms with E-state index in [2.05, 4.69) is 15.5 Å². The first kappa shape index (κ1) is 28.5. The molecule has 5 N–H and O–H groups in total. The van der Waals surface area contributed by atoms with E-state index in [1.165, 1.54) is 31.2 Å². The van der Waals surface area contributed by atoms with Crippen LogP contribution in [0.25, 0.3) is 0 Å². The van der Waals surface area contributed by atoms with Gasteiger partial charge in [-0.2, -0.15) is 10.4 Å². The minimum atomic E-state index is -3.52. The molecule has 0 saturated heterocycles. The number of aliphatic hydroxyl groups is 1. The van der Waals surface area contributed by atoms with E-state index < -0.39 is 27.4 Å². The van der Waals surface area contributed by atoms with Gasteiger partial charge in [-0.15, -0.1) is 5.11 Å². The molecule has 3 rings (SSSR count). The van der Waals surface area contributed by atoms with E-state index in [-0.39, 0.29) is 39.6 Å². The molecule has 200 valence electrons. The van der Waals surface area contributed by atoms with Gasteiger partial charge in [0.2, 0.25) is 5.88 Å². The number of hydrogen-bond acceptors (Lipinski definition) is 10. The van der Waals surface area contributed by atoms with Gasteiger partial charge in [0, 0.05) is 18.2 Å². The number of benzene rings is 1. The molecule has 12 heteroatoms. The largest absolute Gasteiger partial charge is 0.493 e. The van der Waals surface area contributed by atoms with Crippen molar-refractivity contribution < 1.29 is 18.6 Å². The molecule has 1 saturated carbocycles. The maximum Gasteiger partial charge on any atom is 0.282 e.